The number of amides is 1. The Labute approximate surface area is 105 Å². The summed E-state index contributed by atoms with van der Waals surface area (Å²) < 4.78 is 0. The van der Waals surface area contributed by atoms with Gasteiger partial charge in [-0.15, -0.1) is 35.9 Å². The van der Waals surface area contributed by atoms with Crippen molar-refractivity contribution in [2.45, 2.75) is 0 Å². The number of hydrogen-bond acceptors (Lipinski definition) is 1. The molecule has 0 spiro atoms. The zero-order valence-corrected chi connectivity index (χ0v) is 11.5. The second-order valence-corrected chi connectivity index (χ2v) is 1.61. The van der Waals surface area contributed by atoms with Gasteiger partial charge in [-0.25, -0.2) is 0 Å². The van der Waals surface area contributed by atoms with Crippen molar-refractivity contribution >= 4 is 5.91 Å². The smallest absolute Gasteiger partial charge is 0 e. The van der Waals surface area contributed by atoms with Gasteiger partial charge in [-0.05, 0) is 5.91 Å². The van der Waals surface area contributed by atoms with E-state index in [1.54, 1.807) is 24.3 Å². The first-order valence-electron chi connectivity index (χ1n) is 2.53. The molecule has 1 aromatic carbocycles. The Morgan fingerprint density at radius 3 is 2.36 bits per heavy atom. The van der Waals surface area contributed by atoms with Crippen LogP contribution in [0.5, 0.6) is 0 Å². The topological polar surface area (TPSA) is 40.9 Å². The fraction of sp³-hybridized carbons (Fsp3) is 0. The molecule has 4 heteroatoms. The standard InChI is InChI=1S/C7H6NO.W.Y/c8-7(9)6-4-2-1-3-5-6;;/h1-4H,(H2,8,9);;/q-1;;/p-1. The van der Waals surface area contributed by atoms with Gasteiger partial charge < -0.3 is 10.5 Å². The molecule has 1 N–H and O–H groups in total. The molecule has 0 saturated carbocycles. The van der Waals surface area contributed by atoms with Gasteiger partial charge in [-0.1, -0.05) is 0 Å². The fourth-order valence-corrected chi connectivity index (χ4v) is 0.535. The van der Waals surface area contributed by atoms with Crippen molar-refractivity contribution < 1.29 is 58.6 Å². The number of nitrogens with one attached hydrogen (secondary N) is 1. The normalized spacial score (nSPS) is 7.27. The Hall–Kier alpha value is 0.482. The van der Waals surface area contributed by atoms with E-state index in [4.69, 9.17) is 5.73 Å². The van der Waals surface area contributed by atoms with Crippen LogP contribution in [0.2, 0.25) is 0 Å². The van der Waals surface area contributed by atoms with Crippen LogP contribution >= 0.6 is 0 Å². The van der Waals surface area contributed by atoms with Crippen LogP contribution in [0, 0.1) is 6.07 Å². The van der Waals surface area contributed by atoms with E-state index in [0.717, 1.165) is 0 Å². The van der Waals surface area contributed by atoms with Gasteiger partial charge in [0, 0.05) is 53.8 Å². The second-order valence-electron chi connectivity index (χ2n) is 1.61. The molecule has 1 amide bonds. The quantitative estimate of drug-likeness (QED) is 0.671. The number of carbonyl (C=O) groups excluding carboxylic acids is 1. The van der Waals surface area contributed by atoms with Gasteiger partial charge in [0.15, 0.2) is 0 Å². The molecular weight excluding hydrogens is 387 g/mol. The van der Waals surface area contributed by atoms with Gasteiger partial charge >= 0.3 is 0 Å². The maximum absolute atomic E-state index is 10.3. The van der Waals surface area contributed by atoms with E-state index in [9.17, 15) is 4.79 Å². The van der Waals surface area contributed by atoms with Crippen molar-refractivity contribution in [2.75, 3.05) is 0 Å². The van der Waals surface area contributed by atoms with Gasteiger partial charge in [0.05, 0.1) is 0 Å². The molecule has 0 fully saturated rings. The van der Waals surface area contributed by atoms with Gasteiger partial charge in [0.1, 0.15) is 0 Å². The maximum atomic E-state index is 10.3. The molecule has 0 saturated heterocycles. The molecule has 0 bridgehead atoms. The Balaban J connectivity index is 0. The summed E-state index contributed by atoms with van der Waals surface area (Å²) in [5.41, 5.74) is 6.97. The van der Waals surface area contributed by atoms with Gasteiger partial charge in [0.2, 0.25) is 0 Å². The Morgan fingerprint density at radius 1 is 1.45 bits per heavy atom. The van der Waals surface area contributed by atoms with Gasteiger partial charge in [-0.3, -0.25) is 0 Å². The number of benzene rings is 1. The average molecular weight is 392 g/mol. The summed E-state index contributed by atoms with van der Waals surface area (Å²) in [5, 5.41) is 0. The van der Waals surface area contributed by atoms with E-state index in [0.29, 0.717) is 5.56 Å². The van der Waals surface area contributed by atoms with Crippen LogP contribution in [0.3, 0.4) is 0 Å². The predicted molar refractivity (Wildman–Crippen MR) is 33.9 cm³/mol. The Kier molecular flexibility index (Phi) is 9.12. The zero-order chi connectivity index (χ0) is 6.69. The molecule has 1 rings (SSSR count). The molecule has 11 heavy (non-hydrogen) atoms. The van der Waals surface area contributed by atoms with E-state index in [1.165, 1.54) is 0 Å². The SMILES string of the molecule is [NH-]C(=O)c1[c-]cccc1.[W].[Y]. The van der Waals surface area contributed by atoms with Crippen molar-refractivity contribution in [1.29, 1.82) is 0 Å². The number of hydrogen-bond donors (Lipinski definition) is 0. The van der Waals surface area contributed by atoms with Crippen LogP contribution in [-0.2, 0) is 53.8 Å². The minimum absolute atomic E-state index is 0. The fourth-order valence-electron chi connectivity index (χ4n) is 0.535. The van der Waals surface area contributed by atoms with Crippen molar-refractivity contribution in [3.05, 3.63) is 41.6 Å². The molecule has 1 aromatic rings. The van der Waals surface area contributed by atoms with E-state index in [1.807, 2.05) is 0 Å². The van der Waals surface area contributed by atoms with Crippen molar-refractivity contribution in [3.8, 4) is 0 Å². The first-order valence-corrected chi connectivity index (χ1v) is 2.53. The minimum Gasteiger partial charge on any atom is -0.709 e. The summed E-state index contributed by atoms with van der Waals surface area (Å²) in [6.45, 7) is 0. The summed E-state index contributed by atoms with van der Waals surface area (Å²) in [5.74, 6) is -0.685. The van der Waals surface area contributed by atoms with Crippen LogP contribution < -0.4 is 0 Å². The van der Waals surface area contributed by atoms with Crippen molar-refractivity contribution in [1.82, 2.24) is 0 Å². The molecule has 0 atom stereocenters. The third-order valence-corrected chi connectivity index (χ3v) is 0.954. The predicted octanol–water partition coefficient (Wildman–Crippen LogP) is 1.67. The molecule has 0 aromatic heterocycles. The zero-order valence-electron chi connectivity index (χ0n) is 5.70. The van der Waals surface area contributed by atoms with E-state index < -0.39 is 5.91 Å². The largest absolute Gasteiger partial charge is 0.709 e. The first kappa shape index (κ1) is 14.0. The second kappa shape index (κ2) is 7.15. The monoisotopic (exact) mass is 392 g/mol. The first-order chi connectivity index (χ1) is 4.30. The third-order valence-electron chi connectivity index (χ3n) is 0.954. The molecule has 1 radical (unpaired) electrons. The summed E-state index contributed by atoms with van der Waals surface area (Å²) in [7, 11) is 0. The van der Waals surface area contributed by atoms with Crippen molar-refractivity contribution in [3.63, 3.8) is 0 Å². The average Bonchev–Trinajstić information content (AvgIpc) is 1.90. The van der Waals surface area contributed by atoms with Gasteiger partial charge in [-0.2, -0.15) is 0 Å². The minimum atomic E-state index is -0.685. The number of rotatable bonds is 1. The summed E-state index contributed by atoms with van der Waals surface area (Å²) in [4.78, 5) is 10.3. The van der Waals surface area contributed by atoms with E-state index >= 15 is 0 Å². The summed E-state index contributed by atoms with van der Waals surface area (Å²) in [6, 6.07) is 9.27. The third kappa shape index (κ3) is 4.84. The number of carbonyl (C=O) groups is 1. The Bertz CT molecular complexity index is 215. The molecular formula is C7H5NOWY-2. The van der Waals surface area contributed by atoms with E-state index in [-0.39, 0.29) is 53.8 Å². The molecule has 2 nitrogen and oxygen atoms in total. The molecule has 0 aliphatic heterocycles. The molecule has 0 aliphatic rings. The molecule has 55 valence electrons. The Morgan fingerprint density at radius 2 is 2.09 bits per heavy atom. The van der Waals surface area contributed by atoms with Crippen molar-refractivity contribution in [2.24, 2.45) is 0 Å². The maximum Gasteiger partial charge on any atom is 0 e. The van der Waals surface area contributed by atoms with Crippen LogP contribution in [-0.4, -0.2) is 5.91 Å². The molecule has 0 heterocycles. The summed E-state index contributed by atoms with van der Waals surface area (Å²) >= 11 is 0. The van der Waals surface area contributed by atoms with E-state index in [2.05, 4.69) is 6.07 Å². The van der Waals surface area contributed by atoms with Crippen LogP contribution in [0.4, 0.5) is 0 Å². The van der Waals surface area contributed by atoms with Crippen LogP contribution in [0.1, 0.15) is 10.4 Å². The summed E-state index contributed by atoms with van der Waals surface area (Å²) in [6.07, 6.45) is 0. The van der Waals surface area contributed by atoms with Crippen LogP contribution in [0.15, 0.2) is 24.3 Å². The van der Waals surface area contributed by atoms with Gasteiger partial charge in [0.25, 0.3) is 0 Å². The molecule has 0 aliphatic carbocycles. The van der Waals surface area contributed by atoms with Crippen LogP contribution in [0.25, 0.3) is 5.73 Å². The molecule has 0 unspecified atom stereocenters.